The van der Waals surface area contributed by atoms with Crippen molar-refractivity contribution >= 4 is 0 Å². The zero-order chi connectivity index (χ0) is 14.2. The van der Waals surface area contributed by atoms with Gasteiger partial charge in [-0.1, -0.05) is 34.6 Å². The average Bonchev–Trinajstić information content (AvgIpc) is 2.66. The average molecular weight is 263 g/mol. The van der Waals surface area contributed by atoms with Crippen molar-refractivity contribution in [2.75, 3.05) is 6.54 Å². The van der Waals surface area contributed by atoms with Gasteiger partial charge in [-0.25, -0.2) is 4.98 Å². The number of fused-ring (bicyclic) bond motifs is 1. The minimum atomic E-state index is 0.114. The third kappa shape index (κ3) is 3.02. The summed E-state index contributed by atoms with van der Waals surface area (Å²) in [5, 5.41) is 3.44. The Morgan fingerprint density at radius 1 is 1.26 bits per heavy atom. The van der Waals surface area contributed by atoms with Gasteiger partial charge in [0, 0.05) is 36.7 Å². The largest absolute Gasteiger partial charge is 0.328 e. The Bertz CT molecular complexity index is 438. The Balaban J connectivity index is 2.46. The maximum absolute atomic E-state index is 4.95. The van der Waals surface area contributed by atoms with Crippen LogP contribution >= 0.6 is 0 Å². The fraction of sp³-hybridized carbons (Fsp3) is 0.812. The molecule has 1 atom stereocenters. The van der Waals surface area contributed by atoms with Gasteiger partial charge in [-0.2, -0.15) is 0 Å². The zero-order valence-electron chi connectivity index (χ0n) is 13.4. The summed E-state index contributed by atoms with van der Waals surface area (Å²) in [6.45, 7) is 15.8. The van der Waals surface area contributed by atoms with E-state index in [1.165, 1.54) is 23.6 Å². The highest BCUT2D eigenvalue weighted by molar-refractivity contribution is 5.24. The molecule has 3 nitrogen and oxygen atoms in total. The van der Waals surface area contributed by atoms with Crippen LogP contribution in [0.4, 0.5) is 0 Å². The minimum Gasteiger partial charge on any atom is -0.328 e. The molecule has 0 saturated heterocycles. The van der Waals surface area contributed by atoms with Crippen molar-refractivity contribution < 1.29 is 0 Å². The molecule has 1 aromatic heterocycles. The first kappa shape index (κ1) is 14.6. The first-order valence-corrected chi connectivity index (χ1v) is 7.62. The Labute approximate surface area is 117 Å². The molecule has 1 aliphatic rings. The smallest absolute Gasteiger partial charge is 0.114 e. The first-order valence-electron chi connectivity index (χ1n) is 7.62. The number of nitrogens with zero attached hydrogens (tertiary/aromatic N) is 2. The zero-order valence-corrected chi connectivity index (χ0v) is 13.4. The Morgan fingerprint density at radius 3 is 2.53 bits per heavy atom. The molecule has 2 rings (SSSR count). The summed E-state index contributed by atoms with van der Waals surface area (Å²) in [6, 6.07) is 0.545. The fourth-order valence-corrected chi connectivity index (χ4v) is 3.12. The van der Waals surface area contributed by atoms with E-state index in [4.69, 9.17) is 4.98 Å². The van der Waals surface area contributed by atoms with Gasteiger partial charge in [-0.15, -0.1) is 0 Å². The molecule has 0 aromatic carbocycles. The van der Waals surface area contributed by atoms with Gasteiger partial charge in [0.15, 0.2) is 0 Å². The summed E-state index contributed by atoms with van der Waals surface area (Å²) in [6.07, 6.45) is 2.33. The second-order valence-corrected chi connectivity index (χ2v) is 7.35. The normalized spacial score (nSPS) is 17.6. The minimum absolute atomic E-state index is 0.114. The Hall–Kier alpha value is -0.830. The maximum atomic E-state index is 4.95. The lowest BCUT2D eigenvalue weighted by molar-refractivity contribution is 0.381. The maximum Gasteiger partial charge on any atom is 0.114 e. The topological polar surface area (TPSA) is 29.9 Å². The monoisotopic (exact) mass is 263 g/mol. The molecule has 3 heteroatoms. The predicted molar refractivity (Wildman–Crippen MR) is 80.5 cm³/mol. The van der Waals surface area contributed by atoms with Crippen LogP contribution in [0, 0.1) is 5.92 Å². The third-order valence-electron chi connectivity index (χ3n) is 3.85. The second-order valence-electron chi connectivity index (χ2n) is 7.35. The van der Waals surface area contributed by atoms with Crippen LogP contribution in [0.2, 0.25) is 0 Å². The van der Waals surface area contributed by atoms with Gasteiger partial charge in [0.25, 0.3) is 0 Å². The number of rotatable bonds is 3. The molecule has 0 saturated carbocycles. The van der Waals surface area contributed by atoms with E-state index in [0.717, 1.165) is 25.4 Å². The predicted octanol–water partition coefficient (Wildman–Crippen LogP) is 3.43. The molecule has 108 valence electrons. The van der Waals surface area contributed by atoms with Gasteiger partial charge in [-0.05, 0) is 19.3 Å². The molecule has 0 radical (unpaired) electrons. The highest BCUT2D eigenvalue weighted by Gasteiger charge is 2.29. The summed E-state index contributed by atoms with van der Waals surface area (Å²) in [5.74, 6) is 1.98. The number of aromatic nitrogens is 2. The van der Waals surface area contributed by atoms with Gasteiger partial charge < -0.3 is 9.88 Å². The quantitative estimate of drug-likeness (QED) is 0.905. The van der Waals surface area contributed by atoms with Crippen molar-refractivity contribution in [2.24, 2.45) is 5.92 Å². The van der Waals surface area contributed by atoms with Crippen molar-refractivity contribution in [1.29, 1.82) is 0 Å². The van der Waals surface area contributed by atoms with Crippen molar-refractivity contribution in [3.63, 3.8) is 0 Å². The van der Waals surface area contributed by atoms with E-state index in [1.807, 2.05) is 0 Å². The lowest BCUT2D eigenvalue weighted by Gasteiger charge is -2.27. The van der Waals surface area contributed by atoms with Crippen LogP contribution < -0.4 is 5.32 Å². The fourth-order valence-electron chi connectivity index (χ4n) is 3.12. The molecule has 1 aliphatic heterocycles. The van der Waals surface area contributed by atoms with E-state index in [0.29, 0.717) is 6.04 Å². The van der Waals surface area contributed by atoms with Gasteiger partial charge in [0.05, 0.1) is 5.69 Å². The van der Waals surface area contributed by atoms with Crippen LogP contribution in [0.5, 0.6) is 0 Å². The molecule has 1 N–H and O–H groups in total. The standard InChI is InChI=1S/C16H29N3/c1-11(2)9-12(3)19-14-7-8-17-10-13(14)18-15(19)16(4,5)6/h11-12,17H,7-10H2,1-6H3. The number of imidazole rings is 1. The number of hydrogen-bond acceptors (Lipinski definition) is 2. The van der Waals surface area contributed by atoms with Crippen LogP contribution in [0.3, 0.4) is 0 Å². The van der Waals surface area contributed by atoms with E-state index in [1.54, 1.807) is 0 Å². The summed E-state index contributed by atoms with van der Waals surface area (Å²) in [5.41, 5.74) is 2.85. The Morgan fingerprint density at radius 2 is 1.95 bits per heavy atom. The highest BCUT2D eigenvalue weighted by Crippen LogP contribution is 2.31. The van der Waals surface area contributed by atoms with Crippen LogP contribution in [0.25, 0.3) is 0 Å². The van der Waals surface area contributed by atoms with Crippen molar-refractivity contribution in [3.8, 4) is 0 Å². The van der Waals surface area contributed by atoms with Gasteiger partial charge >= 0.3 is 0 Å². The summed E-state index contributed by atoms with van der Waals surface area (Å²) in [4.78, 5) is 4.95. The summed E-state index contributed by atoms with van der Waals surface area (Å²) >= 11 is 0. The van der Waals surface area contributed by atoms with Crippen LogP contribution in [0.1, 0.15) is 71.2 Å². The van der Waals surface area contributed by atoms with E-state index < -0.39 is 0 Å². The van der Waals surface area contributed by atoms with E-state index in [9.17, 15) is 0 Å². The van der Waals surface area contributed by atoms with E-state index >= 15 is 0 Å². The van der Waals surface area contributed by atoms with Gasteiger partial charge in [0.2, 0.25) is 0 Å². The van der Waals surface area contributed by atoms with E-state index in [2.05, 4.69) is 51.4 Å². The SMILES string of the molecule is CC(C)CC(C)n1c(C(C)(C)C)nc2c1CCNC2. The molecular weight excluding hydrogens is 234 g/mol. The van der Waals surface area contributed by atoms with Gasteiger partial charge in [0.1, 0.15) is 5.82 Å². The number of nitrogens with one attached hydrogen (secondary N) is 1. The molecule has 1 aromatic rings. The molecule has 0 fully saturated rings. The molecule has 19 heavy (non-hydrogen) atoms. The van der Waals surface area contributed by atoms with Crippen molar-refractivity contribution in [2.45, 2.75) is 72.4 Å². The second kappa shape index (κ2) is 5.28. The molecule has 0 bridgehead atoms. The van der Waals surface area contributed by atoms with E-state index in [-0.39, 0.29) is 5.41 Å². The van der Waals surface area contributed by atoms with Crippen molar-refractivity contribution in [3.05, 3.63) is 17.2 Å². The summed E-state index contributed by atoms with van der Waals surface area (Å²) < 4.78 is 2.54. The van der Waals surface area contributed by atoms with Gasteiger partial charge in [-0.3, -0.25) is 0 Å². The lowest BCUT2D eigenvalue weighted by Crippen LogP contribution is -2.27. The van der Waals surface area contributed by atoms with Crippen LogP contribution in [0.15, 0.2) is 0 Å². The molecular formula is C16H29N3. The molecule has 1 unspecified atom stereocenters. The van der Waals surface area contributed by atoms with Crippen LogP contribution in [-0.2, 0) is 18.4 Å². The highest BCUT2D eigenvalue weighted by atomic mass is 15.1. The lowest BCUT2D eigenvalue weighted by atomic mass is 9.94. The molecule has 0 aliphatic carbocycles. The number of hydrogen-bond donors (Lipinski definition) is 1. The Kier molecular flexibility index (Phi) is 4.05. The summed E-state index contributed by atoms with van der Waals surface area (Å²) in [7, 11) is 0. The van der Waals surface area contributed by atoms with Crippen LogP contribution in [-0.4, -0.2) is 16.1 Å². The molecule has 2 heterocycles. The molecule has 0 spiro atoms. The first-order chi connectivity index (χ1) is 8.80. The molecule has 0 amide bonds. The van der Waals surface area contributed by atoms with Crippen molar-refractivity contribution in [1.82, 2.24) is 14.9 Å². The third-order valence-corrected chi connectivity index (χ3v) is 3.85.